The van der Waals surface area contributed by atoms with Crippen molar-refractivity contribution < 1.29 is 4.79 Å². The number of hydrogen-bond acceptors (Lipinski definition) is 3. The molecule has 2 unspecified atom stereocenters. The van der Waals surface area contributed by atoms with E-state index in [1.807, 2.05) is 0 Å². The molecule has 0 aliphatic carbocycles. The van der Waals surface area contributed by atoms with E-state index in [-0.39, 0.29) is 0 Å². The molecule has 0 spiro atoms. The first kappa shape index (κ1) is 12.8. The first-order valence-corrected chi connectivity index (χ1v) is 6.92. The minimum absolute atomic E-state index is 0.330. The highest BCUT2D eigenvalue weighted by molar-refractivity contribution is 5.76. The van der Waals surface area contributed by atoms with Crippen molar-refractivity contribution in [2.45, 2.75) is 38.6 Å². The van der Waals surface area contributed by atoms with Crippen molar-refractivity contribution in [3.05, 3.63) is 0 Å². The van der Waals surface area contributed by atoms with Gasteiger partial charge in [0.2, 0.25) is 5.91 Å². The Bertz CT molecular complexity index is 269. The van der Waals surface area contributed by atoms with Gasteiger partial charge in [-0.1, -0.05) is 6.92 Å². The van der Waals surface area contributed by atoms with Crippen LogP contribution in [-0.2, 0) is 4.79 Å². The molecule has 0 aromatic rings. The van der Waals surface area contributed by atoms with Crippen molar-refractivity contribution in [3.8, 4) is 0 Å². The lowest BCUT2D eigenvalue weighted by atomic mass is 10.0. The minimum atomic E-state index is 0.330. The van der Waals surface area contributed by atoms with E-state index in [1.54, 1.807) is 0 Å². The summed E-state index contributed by atoms with van der Waals surface area (Å²) >= 11 is 0. The van der Waals surface area contributed by atoms with Crippen LogP contribution in [0.1, 0.15) is 32.6 Å². The first-order valence-electron chi connectivity index (χ1n) is 6.92. The summed E-state index contributed by atoms with van der Waals surface area (Å²) in [6.45, 7) is 6.98. The summed E-state index contributed by atoms with van der Waals surface area (Å²) in [4.78, 5) is 16.7. The molecule has 2 rings (SSSR count). The van der Waals surface area contributed by atoms with Gasteiger partial charge in [-0.25, -0.2) is 0 Å². The summed E-state index contributed by atoms with van der Waals surface area (Å²) < 4.78 is 0. The molecule has 0 saturated carbocycles. The molecule has 0 radical (unpaired) electrons. The van der Waals surface area contributed by atoms with E-state index in [9.17, 15) is 4.79 Å². The minimum Gasteiger partial charge on any atom is -0.340 e. The zero-order chi connectivity index (χ0) is 12.3. The van der Waals surface area contributed by atoms with Gasteiger partial charge >= 0.3 is 0 Å². The standard InChI is InChI=1S/C13H25N3O/c1-11(9-14)4-5-13(17)16-8-7-15-6-2-3-12(15)10-16/h11-12H,2-10,14H2,1H3. The highest BCUT2D eigenvalue weighted by atomic mass is 16.2. The zero-order valence-corrected chi connectivity index (χ0v) is 10.9. The quantitative estimate of drug-likeness (QED) is 0.784. The number of carbonyl (C=O) groups is 1. The summed E-state index contributed by atoms with van der Waals surface area (Å²) in [6.07, 6.45) is 4.17. The highest BCUT2D eigenvalue weighted by Gasteiger charge is 2.32. The SMILES string of the molecule is CC(CN)CCC(=O)N1CCN2CCCC2C1. The maximum absolute atomic E-state index is 12.1. The van der Waals surface area contributed by atoms with Gasteiger partial charge in [-0.3, -0.25) is 9.69 Å². The molecule has 2 fully saturated rings. The van der Waals surface area contributed by atoms with Gasteiger partial charge in [0.05, 0.1) is 0 Å². The van der Waals surface area contributed by atoms with Crippen LogP contribution in [0.2, 0.25) is 0 Å². The second-order valence-electron chi connectivity index (χ2n) is 5.55. The van der Waals surface area contributed by atoms with Crippen LogP contribution >= 0.6 is 0 Å². The van der Waals surface area contributed by atoms with Crippen molar-refractivity contribution in [3.63, 3.8) is 0 Å². The van der Waals surface area contributed by atoms with E-state index in [4.69, 9.17) is 5.73 Å². The van der Waals surface area contributed by atoms with Gasteiger partial charge in [0.15, 0.2) is 0 Å². The van der Waals surface area contributed by atoms with Gasteiger partial charge in [-0.15, -0.1) is 0 Å². The number of carbonyl (C=O) groups excluding carboxylic acids is 1. The Kier molecular flexibility index (Phi) is 4.40. The molecule has 2 aliphatic rings. The van der Waals surface area contributed by atoms with Crippen LogP contribution in [0, 0.1) is 5.92 Å². The fraction of sp³-hybridized carbons (Fsp3) is 0.923. The van der Waals surface area contributed by atoms with Gasteiger partial charge in [0, 0.05) is 32.1 Å². The Morgan fingerprint density at radius 3 is 3.00 bits per heavy atom. The molecule has 0 aromatic heterocycles. The predicted molar refractivity (Wildman–Crippen MR) is 68.6 cm³/mol. The monoisotopic (exact) mass is 239 g/mol. The molecule has 2 N–H and O–H groups in total. The third kappa shape index (κ3) is 3.19. The average molecular weight is 239 g/mol. The lowest BCUT2D eigenvalue weighted by Gasteiger charge is -2.37. The van der Waals surface area contributed by atoms with Crippen LogP contribution in [0.15, 0.2) is 0 Å². The van der Waals surface area contributed by atoms with Crippen LogP contribution in [0.25, 0.3) is 0 Å². The predicted octanol–water partition coefficient (Wildman–Crippen LogP) is 0.668. The van der Waals surface area contributed by atoms with Gasteiger partial charge in [-0.2, -0.15) is 0 Å². The van der Waals surface area contributed by atoms with E-state index in [0.29, 0.717) is 30.8 Å². The number of rotatable bonds is 4. The second kappa shape index (κ2) is 5.83. The van der Waals surface area contributed by atoms with Crippen LogP contribution in [-0.4, -0.2) is 54.5 Å². The van der Waals surface area contributed by atoms with Gasteiger partial charge in [-0.05, 0) is 38.3 Å². The molecule has 2 aliphatic heterocycles. The van der Waals surface area contributed by atoms with E-state index >= 15 is 0 Å². The Balaban J connectivity index is 1.76. The number of piperazine rings is 1. The van der Waals surface area contributed by atoms with Gasteiger partial charge in [0.25, 0.3) is 0 Å². The Morgan fingerprint density at radius 1 is 1.41 bits per heavy atom. The third-order valence-electron chi connectivity index (χ3n) is 4.19. The maximum Gasteiger partial charge on any atom is 0.222 e. The normalized spacial score (nSPS) is 26.9. The van der Waals surface area contributed by atoms with E-state index in [0.717, 1.165) is 26.1 Å². The summed E-state index contributed by atoms with van der Waals surface area (Å²) in [7, 11) is 0. The number of nitrogens with zero attached hydrogens (tertiary/aromatic N) is 2. The van der Waals surface area contributed by atoms with Gasteiger partial charge < -0.3 is 10.6 Å². The maximum atomic E-state index is 12.1. The molecule has 0 aromatic carbocycles. The van der Waals surface area contributed by atoms with Crippen molar-refractivity contribution in [2.24, 2.45) is 11.7 Å². The summed E-state index contributed by atoms with van der Waals surface area (Å²) in [5, 5.41) is 0. The van der Waals surface area contributed by atoms with Crippen LogP contribution in [0.3, 0.4) is 0 Å². The molecular weight excluding hydrogens is 214 g/mol. The van der Waals surface area contributed by atoms with E-state index < -0.39 is 0 Å². The molecule has 2 atom stereocenters. The van der Waals surface area contributed by atoms with Crippen molar-refractivity contribution in [1.29, 1.82) is 0 Å². The Morgan fingerprint density at radius 2 is 2.24 bits per heavy atom. The third-order valence-corrected chi connectivity index (χ3v) is 4.19. The highest BCUT2D eigenvalue weighted by Crippen LogP contribution is 2.22. The number of hydrogen-bond donors (Lipinski definition) is 1. The lowest BCUT2D eigenvalue weighted by Crippen LogP contribution is -2.52. The average Bonchev–Trinajstić information content (AvgIpc) is 2.82. The van der Waals surface area contributed by atoms with Crippen molar-refractivity contribution >= 4 is 5.91 Å². The number of amides is 1. The van der Waals surface area contributed by atoms with E-state index in [2.05, 4.69) is 16.7 Å². The molecule has 2 heterocycles. The lowest BCUT2D eigenvalue weighted by molar-refractivity contribution is -0.134. The fourth-order valence-electron chi connectivity index (χ4n) is 2.86. The van der Waals surface area contributed by atoms with Crippen LogP contribution in [0.4, 0.5) is 0 Å². The molecule has 1 amide bonds. The zero-order valence-electron chi connectivity index (χ0n) is 10.9. The Labute approximate surface area is 104 Å². The Hall–Kier alpha value is -0.610. The largest absolute Gasteiger partial charge is 0.340 e. The summed E-state index contributed by atoms with van der Waals surface area (Å²) in [5.74, 6) is 0.795. The topological polar surface area (TPSA) is 49.6 Å². The second-order valence-corrected chi connectivity index (χ2v) is 5.55. The van der Waals surface area contributed by atoms with Crippen LogP contribution in [0.5, 0.6) is 0 Å². The van der Waals surface area contributed by atoms with E-state index in [1.165, 1.54) is 19.4 Å². The molecule has 4 heteroatoms. The van der Waals surface area contributed by atoms with Crippen molar-refractivity contribution in [1.82, 2.24) is 9.80 Å². The molecule has 4 nitrogen and oxygen atoms in total. The molecule has 0 bridgehead atoms. The first-order chi connectivity index (χ1) is 8.20. The van der Waals surface area contributed by atoms with Crippen LogP contribution < -0.4 is 5.73 Å². The molecule has 2 saturated heterocycles. The smallest absolute Gasteiger partial charge is 0.222 e. The number of fused-ring (bicyclic) bond motifs is 1. The molecule has 98 valence electrons. The summed E-state index contributed by atoms with van der Waals surface area (Å²) in [6, 6.07) is 0.639. The number of nitrogens with two attached hydrogens (primary N) is 1. The fourth-order valence-corrected chi connectivity index (χ4v) is 2.86. The summed E-state index contributed by atoms with van der Waals surface area (Å²) in [5.41, 5.74) is 5.58. The molecule has 17 heavy (non-hydrogen) atoms. The molecular formula is C13H25N3O. The van der Waals surface area contributed by atoms with Gasteiger partial charge in [0.1, 0.15) is 0 Å². The van der Waals surface area contributed by atoms with Crippen molar-refractivity contribution in [2.75, 3.05) is 32.7 Å².